The van der Waals surface area contributed by atoms with Crippen molar-refractivity contribution in [3.05, 3.63) is 65.2 Å². The number of amides is 1. The van der Waals surface area contributed by atoms with Crippen LogP contribution in [0, 0.1) is 6.92 Å². The molecule has 0 saturated carbocycles. The highest BCUT2D eigenvalue weighted by molar-refractivity contribution is 5.69. The summed E-state index contributed by atoms with van der Waals surface area (Å²) in [6.07, 6.45) is -0.281. The number of hydrogen-bond donors (Lipinski definition) is 1. The molecule has 2 aromatic rings. The summed E-state index contributed by atoms with van der Waals surface area (Å²) in [5.41, 5.74) is 4.09. The fourth-order valence-electron chi connectivity index (χ4n) is 2.94. The number of nitrogens with zero attached hydrogens (tertiary/aromatic N) is 1. The summed E-state index contributed by atoms with van der Waals surface area (Å²) in [4.78, 5) is 14.3. The zero-order valence-corrected chi connectivity index (χ0v) is 17.4. The fourth-order valence-corrected chi connectivity index (χ4v) is 2.94. The molecular weight excluding hydrogens is 336 g/mol. The number of nitrogens with one attached hydrogen (secondary N) is 1. The normalized spacial score (nSPS) is 12.4. The van der Waals surface area contributed by atoms with Crippen LogP contribution in [0.2, 0.25) is 0 Å². The van der Waals surface area contributed by atoms with Crippen molar-refractivity contribution in [2.45, 2.75) is 59.7 Å². The largest absolute Gasteiger partial charge is 0.444 e. The Morgan fingerprint density at radius 1 is 1.15 bits per heavy atom. The average Bonchev–Trinajstić information content (AvgIpc) is 2.61. The number of hydrogen-bond acceptors (Lipinski definition) is 3. The van der Waals surface area contributed by atoms with E-state index >= 15 is 0 Å². The molecule has 0 aliphatic heterocycles. The van der Waals surface area contributed by atoms with Gasteiger partial charge >= 0.3 is 6.09 Å². The quantitative estimate of drug-likeness (QED) is 0.687. The zero-order chi connectivity index (χ0) is 20.0. The van der Waals surface area contributed by atoms with E-state index in [2.05, 4.69) is 42.6 Å². The van der Waals surface area contributed by atoms with Crippen molar-refractivity contribution in [1.82, 2.24) is 4.90 Å². The second kappa shape index (κ2) is 8.94. The Morgan fingerprint density at radius 2 is 1.81 bits per heavy atom. The van der Waals surface area contributed by atoms with Crippen molar-refractivity contribution < 1.29 is 9.53 Å². The van der Waals surface area contributed by atoms with E-state index in [0.717, 1.165) is 17.8 Å². The summed E-state index contributed by atoms with van der Waals surface area (Å²) in [5, 5.41) is 3.51. The molecule has 146 valence electrons. The van der Waals surface area contributed by atoms with Gasteiger partial charge in [0.25, 0.3) is 0 Å². The SMILES string of the molecule is CCN(C(=O)OC(C)(C)C)C(C)c1ccc(C)c(NCc2ccccc2)c1. The highest BCUT2D eigenvalue weighted by atomic mass is 16.6. The van der Waals surface area contributed by atoms with Gasteiger partial charge in [0, 0.05) is 18.8 Å². The number of aryl methyl sites for hydroxylation is 1. The molecule has 0 aromatic heterocycles. The Bertz CT molecular complexity index is 751. The van der Waals surface area contributed by atoms with Gasteiger partial charge in [-0.2, -0.15) is 0 Å². The Kier molecular flexibility index (Phi) is 6.89. The van der Waals surface area contributed by atoms with Crippen molar-refractivity contribution >= 4 is 11.8 Å². The number of carbonyl (C=O) groups excluding carboxylic acids is 1. The number of rotatable bonds is 6. The topological polar surface area (TPSA) is 41.6 Å². The molecule has 0 spiro atoms. The van der Waals surface area contributed by atoms with Crippen LogP contribution in [0.1, 0.15) is 57.4 Å². The van der Waals surface area contributed by atoms with Crippen molar-refractivity contribution in [2.75, 3.05) is 11.9 Å². The lowest BCUT2D eigenvalue weighted by molar-refractivity contribution is 0.0186. The lowest BCUT2D eigenvalue weighted by atomic mass is 10.0. The van der Waals surface area contributed by atoms with Crippen LogP contribution in [0.15, 0.2) is 48.5 Å². The van der Waals surface area contributed by atoms with E-state index in [0.29, 0.717) is 6.54 Å². The molecule has 1 unspecified atom stereocenters. The maximum absolute atomic E-state index is 12.6. The van der Waals surface area contributed by atoms with E-state index in [1.165, 1.54) is 11.1 Å². The van der Waals surface area contributed by atoms with Crippen LogP contribution in [0.25, 0.3) is 0 Å². The number of benzene rings is 2. The van der Waals surface area contributed by atoms with Gasteiger partial charge in [0.1, 0.15) is 5.60 Å². The summed E-state index contributed by atoms with van der Waals surface area (Å²) < 4.78 is 5.56. The lowest BCUT2D eigenvalue weighted by Gasteiger charge is -2.31. The molecular formula is C23H32N2O2. The van der Waals surface area contributed by atoms with Gasteiger partial charge in [-0.05, 0) is 64.3 Å². The van der Waals surface area contributed by atoms with Crippen LogP contribution >= 0.6 is 0 Å². The third-order valence-electron chi connectivity index (χ3n) is 4.51. The van der Waals surface area contributed by atoms with Gasteiger partial charge in [0.15, 0.2) is 0 Å². The second-order valence-corrected chi connectivity index (χ2v) is 7.86. The summed E-state index contributed by atoms with van der Waals surface area (Å²) in [6, 6.07) is 16.6. The maximum atomic E-state index is 12.6. The predicted octanol–water partition coefficient (Wildman–Crippen LogP) is 5.93. The molecule has 2 aromatic carbocycles. The standard InChI is InChI=1S/C23H32N2O2/c1-7-25(22(26)27-23(4,5)6)18(3)20-14-13-17(2)21(15-20)24-16-19-11-9-8-10-12-19/h8-15,18,24H,7,16H2,1-6H3. The van der Waals surface area contributed by atoms with E-state index in [1.54, 1.807) is 4.90 Å². The van der Waals surface area contributed by atoms with Crippen molar-refractivity contribution in [3.8, 4) is 0 Å². The van der Waals surface area contributed by atoms with E-state index in [4.69, 9.17) is 4.74 Å². The minimum absolute atomic E-state index is 0.0669. The molecule has 27 heavy (non-hydrogen) atoms. The summed E-state index contributed by atoms with van der Waals surface area (Å²) >= 11 is 0. The lowest BCUT2D eigenvalue weighted by Crippen LogP contribution is -2.38. The van der Waals surface area contributed by atoms with Gasteiger partial charge in [0.05, 0.1) is 6.04 Å². The van der Waals surface area contributed by atoms with Crippen LogP contribution in [0.5, 0.6) is 0 Å². The highest BCUT2D eigenvalue weighted by Gasteiger charge is 2.25. The van der Waals surface area contributed by atoms with Gasteiger partial charge in [0.2, 0.25) is 0 Å². The van der Waals surface area contributed by atoms with Gasteiger partial charge < -0.3 is 15.0 Å². The van der Waals surface area contributed by atoms with Crippen molar-refractivity contribution in [1.29, 1.82) is 0 Å². The van der Waals surface area contributed by atoms with Crippen LogP contribution in [0.4, 0.5) is 10.5 Å². The molecule has 0 saturated heterocycles. The Hall–Kier alpha value is -2.49. The molecule has 0 fully saturated rings. The number of carbonyl (C=O) groups is 1. The molecule has 4 heteroatoms. The molecule has 0 aliphatic carbocycles. The minimum Gasteiger partial charge on any atom is -0.444 e. The summed E-state index contributed by atoms with van der Waals surface area (Å²) in [7, 11) is 0. The first-order valence-electron chi connectivity index (χ1n) is 9.59. The number of anilines is 1. The molecule has 2 rings (SSSR count). The molecule has 0 radical (unpaired) electrons. The molecule has 0 bridgehead atoms. The van der Waals surface area contributed by atoms with Crippen LogP contribution in [-0.4, -0.2) is 23.1 Å². The van der Waals surface area contributed by atoms with Gasteiger partial charge in [-0.25, -0.2) is 4.79 Å². The molecule has 1 N–H and O–H groups in total. The van der Waals surface area contributed by atoms with Gasteiger partial charge in [-0.3, -0.25) is 0 Å². The highest BCUT2D eigenvalue weighted by Crippen LogP contribution is 2.27. The molecule has 1 atom stereocenters. The Labute approximate surface area is 163 Å². The summed E-state index contributed by atoms with van der Waals surface area (Å²) in [5.74, 6) is 0. The minimum atomic E-state index is -0.500. The van der Waals surface area contributed by atoms with Crippen molar-refractivity contribution in [3.63, 3.8) is 0 Å². The van der Waals surface area contributed by atoms with E-state index in [1.807, 2.05) is 52.8 Å². The third-order valence-corrected chi connectivity index (χ3v) is 4.51. The zero-order valence-electron chi connectivity index (χ0n) is 17.4. The monoisotopic (exact) mass is 368 g/mol. The van der Waals surface area contributed by atoms with E-state index in [9.17, 15) is 4.79 Å². The molecule has 0 aliphatic rings. The van der Waals surface area contributed by atoms with Gasteiger partial charge in [-0.15, -0.1) is 0 Å². The first kappa shape index (κ1) is 20.8. The smallest absolute Gasteiger partial charge is 0.410 e. The average molecular weight is 369 g/mol. The number of ether oxygens (including phenoxy) is 1. The molecule has 4 nitrogen and oxygen atoms in total. The third kappa shape index (κ3) is 6.02. The maximum Gasteiger partial charge on any atom is 0.410 e. The van der Waals surface area contributed by atoms with Crippen LogP contribution in [-0.2, 0) is 11.3 Å². The Morgan fingerprint density at radius 3 is 2.41 bits per heavy atom. The second-order valence-electron chi connectivity index (χ2n) is 7.86. The van der Waals surface area contributed by atoms with E-state index in [-0.39, 0.29) is 12.1 Å². The Balaban J connectivity index is 2.15. The van der Waals surface area contributed by atoms with Crippen LogP contribution < -0.4 is 5.32 Å². The summed E-state index contributed by atoms with van der Waals surface area (Å²) in [6.45, 7) is 13.1. The predicted molar refractivity (Wildman–Crippen MR) is 112 cm³/mol. The van der Waals surface area contributed by atoms with E-state index < -0.39 is 5.60 Å². The first-order chi connectivity index (χ1) is 12.7. The molecule has 0 heterocycles. The molecule has 1 amide bonds. The fraction of sp³-hybridized carbons (Fsp3) is 0.435. The van der Waals surface area contributed by atoms with Crippen LogP contribution in [0.3, 0.4) is 0 Å². The van der Waals surface area contributed by atoms with Gasteiger partial charge in [-0.1, -0.05) is 42.5 Å². The first-order valence-corrected chi connectivity index (χ1v) is 9.59. The van der Waals surface area contributed by atoms with Crippen molar-refractivity contribution in [2.24, 2.45) is 0 Å².